The number of carbonyl (C=O) groups is 2. The molecule has 13 heavy (non-hydrogen) atoms. The maximum absolute atomic E-state index is 10.5. The van der Waals surface area contributed by atoms with Crippen LogP contribution in [0.15, 0.2) is 0 Å². The molecule has 7 heteroatoms. The van der Waals surface area contributed by atoms with E-state index in [2.05, 4.69) is 19.4 Å². The van der Waals surface area contributed by atoms with Crippen LogP contribution >= 0.6 is 0 Å². The molecule has 0 heterocycles. The maximum Gasteiger partial charge on any atom is 0.550 e. The van der Waals surface area contributed by atoms with Crippen molar-refractivity contribution in [3.8, 4) is 0 Å². The average Bonchev–Trinajstić information content (AvgIpc) is 1.99. The molecule has 1 N–H and O–H groups in total. The Morgan fingerprint density at radius 3 is 2.08 bits per heavy atom. The Bertz CT molecular complexity index is 192. The highest BCUT2D eigenvalue weighted by molar-refractivity contribution is 5.76. The molecule has 0 saturated heterocycles. The first-order valence-corrected chi connectivity index (χ1v) is 3.28. The van der Waals surface area contributed by atoms with E-state index >= 15 is 0 Å². The Balaban J connectivity index is 3.70. The molecule has 0 unspecified atom stereocenters. The molecule has 0 bridgehead atoms. The lowest BCUT2D eigenvalue weighted by Crippen LogP contribution is -2.23. The fraction of sp³-hybridized carbons (Fsp3) is 0.667. The lowest BCUT2D eigenvalue weighted by molar-refractivity contribution is -0.311. The summed E-state index contributed by atoms with van der Waals surface area (Å²) in [5, 5.41) is 7.69. The lowest BCUT2D eigenvalue weighted by Gasteiger charge is -2.15. The van der Waals surface area contributed by atoms with E-state index in [0.29, 0.717) is 0 Å². The van der Waals surface area contributed by atoms with E-state index in [0.717, 1.165) is 0 Å². The minimum absolute atomic E-state index is 0.720. The number of carbonyl (C=O) groups excluding carboxylic acids is 2. The van der Waals surface area contributed by atoms with Crippen molar-refractivity contribution < 1.29 is 34.2 Å². The molecular weight excluding hydrogens is 184 g/mol. The zero-order valence-electron chi connectivity index (χ0n) is 7.40. The molecule has 0 saturated carbocycles. The standard InChI is InChI=1S/C6H10O7/c1-6(2,3)13-12-5(8)10-4(7)11-9/h9H,1-3H3. The first-order valence-electron chi connectivity index (χ1n) is 3.28. The van der Waals surface area contributed by atoms with Crippen molar-refractivity contribution >= 4 is 12.3 Å². The molecule has 0 aromatic carbocycles. The fourth-order valence-corrected chi connectivity index (χ4v) is 0.263. The Kier molecular flexibility index (Phi) is 4.15. The second-order valence-electron chi connectivity index (χ2n) is 2.97. The summed E-state index contributed by atoms with van der Waals surface area (Å²) in [6.07, 6.45) is -3.02. The summed E-state index contributed by atoms with van der Waals surface area (Å²) >= 11 is 0. The van der Waals surface area contributed by atoms with E-state index in [4.69, 9.17) is 5.26 Å². The largest absolute Gasteiger partial charge is 0.550 e. The van der Waals surface area contributed by atoms with Gasteiger partial charge >= 0.3 is 12.3 Å². The van der Waals surface area contributed by atoms with Crippen molar-refractivity contribution in [2.75, 3.05) is 0 Å². The summed E-state index contributed by atoms with van der Waals surface area (Å²) in [6.45, 7) is 4.85. The summed E-state index contributed by atoms with van der Waals surface area (Å²) < 4.78 is 3.70. The normalized spacial score (nSPS) is 10.5. The van der Waals surface area contributed by atoms with Crippen LogP contribution in [0.2, 0.25) is 0 Å². The van der Waals surface area contributed by atoms with Gasteiger partial charge in [-0.15, -0.1) is 0 Å². The number of hydrogen-bond donors (Lipinski definition) is 1. The molecule has 0 aromatic heterocycles. The zero-order valence-corrected chi connectivity index (χ0v) is 7.40. The van der Waals surface area contributed by atoms with Gasteiger partial charge in [-0.25, -0.2) is 9.59 Å². The molecule has 0 rings (SSSR count). The quantitative estimate of drug-likeness (QED) is 0.292. The summed E-state index contributed by atoms with van der Waals surface area (Å²) in [5.74, 6) is 0. The highest BCUT2D eigenvalue weighted by Crippen LogP contribution is 2.07. The Morgan fingerprint density at radius 1 is 1.15 bits per heavy atom. The van der Waals surface area contributed by atoms with Gasteiger partial charge in [-0.05, 0) is 20.8 Å². The van der Waals surface area contributed by atoms with Crippen molar-refractivity contribution in [1.82, 2.24) is 0 Å². The van der Waals surface area contributed by atoms with E-state index in [9.17, 15) is 9.59 Å². The minimum atomic E-state index is -1.59. The van der Waals surface area contributed by atoms with Gasteiger partial charge in [0.1, 0.15) is 5.60 Å². The van der Waals surface area contributed by atoms with E-state index in [1.165, 1.54) is 0 Å². The molecule has 0 radical (unpaired) electrons. The van der Waals surface area contributed by atoms with E-state index in [1.807, 2.05) is 0 Å². The summed E-state index contributed by atoms with van der Waals surface area (Å²) in [5.41, 5.74) is -0.720. The first-order chi connectivity index (χ1) is 5.85. The fourth-order valence-electron chi connectivity index (χ4n) is 0.263. The Hall–Kier alpha value is -1.34. The number of ether oxygens (including phenoxy) is 1. The second-order valence-corrected chi connectivity index (χ2v) is 2.97. The molecule has 0 atom stereocenters. The molecule has 76 valence electrons. The number of hydrogen-bond acceptors (Lipinski definition) is 7. The second kappa shape index (κ2) is 4.63. The Morgan fingerprint density at radius 2 is 1.69 bits per heavy atom. The van der Waals surface area contributed by atoms with E-state index < -0.39 is 17.9 Å². The van der Waals surface area contributed by atoms with Gasteiger partial charge in [0.05, 0.1) is 0 Å². The van der Waals surface area contributed by atoms with Gasteiger partial charge in [-0.1, -0.05) is 0 Å². The van der Waals surface area contributed by atoms with Crippen molar-refractivity contribution in [3.63, 3.8) is 0 Å². The van der Waals surface area contributed by atoms with Gasteiger partial charge in [-0.3, -0.25) is 9.78 Å². The summed E-state index contributed by atoms with van der Waals surface area (Å²) in [7, 11) is 0. The third-order valence-corrected chi connectivity index (χ3v) is 0.601. The molecule has 0 spiro atoms. The Labute approximate surface area is 74.0 Å². The predicted molar refractivity (Wildman–Crippen MR) is 37.5 cm³/mol. The van der Waals surface area contributed by atoms with Crippen molar-refractivity contribution in [3.05, 3.63) is 0 Å². The van der Waals surface area contributed by atoms with E-state index in [-0.39, 0.29) is 0 Å². The summed E-state index contributed by atoms with van der Waals surface area (Å²) in [4.78, 5) is 32.1. The monoisotopic (exact) mass is 194 g/mol. The highest BCUT2D eigenvalue weighted by Gasteiger charge is 2.19. The minimum Gasteiger partial charge on any atom is -0.323 e. The van der Waals surface area contributed by atoms with Crippen LogP contribution < -0.4 is 0 Å². The third kappa shape index (κ3) is 7.04. The molecule has 0 fully saturated rings. The smallest absolute Gasteiger partial charge is 0.323 e. The van der Waals surface area contributed by atoms with Gasteiger partial charge in [0, 0.05) is 0 Å². The van der Waals surface area contributed by atoms with Crippen molar-refractivity contribution in [2.24, 2.45) is 0 Å². The van der Waals surface area contributed by atoms with Crippen LogP contribution in [-0.4, -0.2) is 23.2 Å². The summed E-state index contributed by atoms with van der Waals surface area (Å²) in [6, 6.07) is 0. The van der Waals surface area contributed by atoms with Gasteiger partial charge in [0.25, 0.3) is 0 Å². The zero-order chi connectivity index (χ0) is 10.5. The average molecular weight is 194 g/mol. The molecule has 0 aliphatic carbocycles. The van der Waals surface area contributed by atoms with Crippen LogP contribution in [0.5, 0.6) is 0 Å². The molecule has 7 nitrogen and oxygen atoms in total. The van der Waals surface area contributed by atoms with Crippen LogP contribution in [0.3, 0.4) is 0 Å². The third-order valence-electron chi connectivity index (χ3n) is 0.601. The van der Waals surface area contributed by atoms with Crippen LogP contribution in [-0.2, 0) is 19.4 Å². The van der Waals surface area contributed by atoms with Gasteiger partial charge in [0.15, 0.2) is 0 Å². The van der Waals surface area contributed by atoms with Crippen LogP contribution in [0, 0.1) is 0 Å². The SMILES string of the molecule is CC(C)(C)OOC(=O)OC(=O)OO. The maximum atomic E-state index is 10.5. The van der Waals surface area contributed by atoms with Crippen molar-refractivity contribution in [2.45, 2.75) is 26.4 Å². The van der Waals surface area contributed by atoms with Gasteiger partial charge in [0.2, 0.25) is 0 Å². The number of rotatable bonds is 1. The van der Waals surface area contributed by atoms with Crippen LogP contribution in [0.4, 0.5) is 9.59 Å². The van der Waals surface area contributed by atoms with Gasteiger partial charge < -0.3 is 4.74 Å². The lowest BCUT2D eigenvalue weighted by atomic mass is 10.2. The van der Waals surface area contributed by atoms with Crippen LogP contribution in [0.1, 0.15) is 20.8 Å². The highest BCUT2D eigenvalue weighted by atomic mass is 17.2. The molecular formula is C6H10O7. The first kappa shape index (κ1) is 11.7. The molecule has 0 aliphatic rings. The molecule has 0 aliphatic heterocycles. The molecule has 0 amide bonds. The van der Waals surface area contributed by atoms with Gasteiger partial charge in [-0.2, -0.15) is 10.1 Å². The van der Waals surface area contributed by atoms with E-state index in [1.54, 1.807) is 20.8 Å². The predicted octanol–water partition coefficient (Wildman–Crippen LogP) is 1.48. The topological polar surface area (TPSA) is 91.3 Å². The van der Waals surface area contributed by atoms with Crippen LogP contribution in [0.25, 0.3) is 0 Å². The van der Waals surface area contributed by atoms with Crippen molar-refractivity contribution in [1.29, 1.82) is 0 Å². The molecule has 0 aromatic rings.